The van der Waals surface area contributed by atoms with Crippen molar-refractivity contribution >= 4 is 21.6 Å². The second kappa shape index (κ2) is 2.81. The number of hydrogen-bond donors (Lipinski definition) is 0. The summed E-state index contributed by atoms with van der Waals surface area (Å²) in [6.07, 6.45) is 0. The quantitative estimate of drug-likeness (QED) is 0.381. The Kier molecular flexibility index (Phi) is 2.04. The van der Waals surface area contributed by atoms with Gasteiger partial charge in [-0.2, -0.15) is 0 Å². The molecule has 0 aliphatic rings. The van der Waals surface area contributed by atoms with Gasteiger partial charge in [-0.1, -0.05) is 0 Å². The van der Waals surface area contributed by atoms with Crippen LogP contribution in [0.2, 0.25) is 0 Å². The summed E-state index contributed by atoms with van der Waals surface area (Å²) in [5.74, 6) is 2.95. The van der Waals surface area contributed by atoms with E-state index in [0.717, 1.165) is 20.9 Å². The Morgan fingerprint density at radius 1 is 1.78 bits per heavy atom. The molecule has 1 aromatic rings. The van der Waals surface area contributed by atoms with Crippen LogP contribution in [0.5, 0.6) is 0 Å². The van der Waals surface area contributed by atoms with Crippen molar-refractivity contribution in [2.75, 3.05) is 0 Å². The molecule has 46 valence electrons. The lowest BCUT2D eigenvalue weighted by molar-refractivity contribution is 1.25. The van der Waals surface area contributed by atoms with Crippen molar-refractivity contribution in [3.63, 3.8) is 0 Å². The lowest BCUT2D eigenvalue weighted by atomic mass is 10.6. The molecule has 0 fully saturated rings. The molecular weight excluding hydrogens is 146 g/mol. The van der Waals surface area contributed by atoms with E-state index in [9.17, 15) is 0 Å². The fraction of sp³-hybridized carbons (Fsp3) is 0.167. The molecule has 0 N–H and O–H groups in total. The van der Waals surface area contributed by atoms with Crippen molar-refractivity contribution in [1.82, 2.24) is 4.98 Å². The van der Waals surface area contributed by atoms with Crippen molar-refractivity contribution in [2.24, 2.45) is 0 Å². The second-order valence-electron chi connectivity index (χ2n) is 1.67. The Morgan fingerprint density at radius 3 is 3.00 bits per heavy atom. The van der Waals surface area contributed by atoms with Gasteiger partial charge in [0, 0.05) is 11.1 Å². The van der Waals surface area contributed by atoms with Crippen molar-refractivity contribution in [2.45, 2.75) is 6.92 Å². The minimum Gasteiger partial charge on any atom is -0.233 e. The van der Waals surface area contributed by atoms with Crippen molar-refractivity contribution < 1.29 is 0 Å². The Balaban J connectivity index is 2.93. The van der Waals surface area contributed by atoms with E-state index in [0.29, 0.717) is 0 Å². The SMILES string of the molecule is Cc1csc(C#C[SiH3])n1. The smallest absolute Gasteiger partial charge is 0.166 e. The van der Waals surface area contributed by atoms with Gasteiger partial charge in [0.15, 0.2) is 5.01 Å². The van der Waals surface area contributed by atoms with Crippen LogP contribution in [0.15, 0.2) is 5.38 Å². The van der Waals surface area contributed by atoms with Crippen LogP contribution in [0.4, 0.5) is 0 Å². The first-order valence-corrected chi connectivity index (χ1v) is 4.56. The molecule has 0 bridgehead atoms. The molecule has 3 heteroatoms. The molecule has 1 heterocycles. The predicted molar refractivity (Wildman–Crippen MR) is 43.7 cm³/mol. The van der Waals surface area contributed by atoms with Crippen LogP contribution in [0.25, 0.3) is 0 Å². The maximum absolute atomic E-state index is 4.17. The number of hydrogen-bond acceptors (Lipinski definition) is 2. The summed E-state index contributed by atoms with van der Waals surface area (Å²) in [6, 6.07) is 0. The van der Waals surface area contributed by atoms with Crippen LogP contribution in [-0.4, -0.2) is 15.2 Å². The summed E-state index contributed by atoms with van der Waals surface area (Å²) in [5.41, 5.74) is 4.00. The van der Waals surface area contributed by atoms with Gasteiger partial charge < -0.3 is 0 Å². The Morgan fingerprint density at radius 2 is 2.56 bits per heavy atom. The molecule has 0 aromatic carbocycles. The van der Waals surface area contributed by atoms with E-state index in [2.05, 4.69) is 16.4 Å². The summed E-state index contributed by atoms with van der Waals surface area (Å²) >= 11 is 1.61. The minimum atomic E-state index is 0.939. The Hall–Kier alpha value is -0.593. The zero-order valence-corrected chi connectivity index (χ0v) is 8.25. The summed E-state index contributed by atoms with van der Waals surface area (Å²) in [7, 11) is 0.939. The first-order chi connectivity index (χ1) is 4.33. The fourth-order valence-corrected chi connectivity index (χ4v) is 1.63. The molecule has 0 radical (unpaired) electrons. The molecular formula is C6H7NSSi. The first kappa shape index (κ1) is 6.53. The van der Waals surface area contributed by atoms with E-state index in [1.807, 2.05) is 12.3 Å². The molecule has 0 spiro atoms. The maximum Gasteiger partial charge on any atom is 0.166 e. The molecule has 9 heavy (non-hydrogen) atoms. The molecule has 0 atom stereocenters. The van der Waals surface area contributed by atoms with E-state index >= 15 is 0 Å². The third-order valence-corrected chi connectivity index (χ3v) is 1.98. The number of thiazole rings is 1. The highest BCUT2D eigenvalue weighted by molar-refractivity contribution is 7.10. The van der Waals surface area contributed by atoms with Crippen LogP contribution >= 0.6 is 11.3 Å². The van der Waals surface area contributed by atoms with Gasteiger partial charge in [-0.25, -0.2) is 4.98 Å². The molecule has 0 saturated carbocycles. The van der Waals surface area contributed by atoms with E-state index in [4.69, 9.17) is 0 Å². The van der Waals surface area contributed by atoms with Crippen LogP contribution in [0, 0.1) is 18.4 Å². The Bertz CT molecular complexity index is 256. The number of aromatic nitrogens is 1. The highest BCUT2D eigenvalue weighted by Crippen LogP contribution is 2.05. The average Bonchev–Trinajstić information content (AvgIpc) is 2.17. The van der Waals surface area contributed by atoms with Gasteiger partial charge in [-0.05, 0) is 12.8 Å². The van der Waals surface area contributed by atoms with E-state index in [1.165, 1.54) is 0 Å². The van der Waals surface area contributed by atoms with Gasteiger partial charge in [0.05, 0.1) is 10.2 Å². The second-order valence-corrected chi connectivity index (χ2v) is 3.03. The fourth-order valence-electron chi connectivity index (χ4n) is 0.518. The van der Waals surface area contributed by atoms with Gasteiger partial charge >= 0.3 is 0 Å². The minimum absolute atomic E-state index is 0.939. The van der Waals surface area contributed by atoms with Crippen molar-refractivity contribution in [3.8, 4) is 11.5 Å². The van der Waals surface area contributed by atoms with E-state index < -0.39 is 0 Å². The molecule has 0 aliphatic carbocycles. The molecule has 0 amide bonds. The highest BCUT2D eigenvalue weighted by Gasteiger charge is 1.89. The van der Waals surface area contributed by atoms with Crippen LogP contribution in [-0.2, 0) is 0 Å². The number of rotatable bonds is 0. The highest BCUT2D eigenvalue weighted by atomic mass is 32.1. The molecule has 0 unspecified atom stereocenters. The van der Waals surface area contributed by atoms with Gasteiger partial charge in [-0.3, -0.25) is 0 Å². The van der Waals surface area contributed by atoms with Crippen LogP contribution in [0.3, 0.4) is 0 Å². The van der Waals surface area contributed by atoms with Crippen molar-refractivity contribution in [1.29, 1.82) is 0 Å². The monoisotopic (exact) mass is 153 g/mol. The predicted octanol–water partition coefficient (Wildman–Crippen LogP) is 0.126. The summed E-state index contributed by atoms with van der Waals surface area (Å²) in [5, 5.41) is 2.96. The Labute approximate surface area is 61.6 Å². The van der Waals surface area contributed by atoms with Crippen LogP contribution in [0.1, 0.15) is 10.7 Å². The van der Waals surface area contributed by atoms with Crippen molar-refractivity contribution in [3.05, 3.63) is 16.1 Å². The zero-order valence-electron chi connectivity index (χ0n) is 5.43. The normalized spacial score (nSPS) is 8.56. The van der Waals surface area contributed by atoms with Gasteiger partial charge in [0.2, 0.25) is 0 Å². The summed E-state index contributed by atoms with van der Waals surface area (Å²) in [6.45, 7) is 1.98. The van der Waals surface area contributed by atoms with Gasteiger partial charge in [0.1, 0.15) is 0 Å². The molecule has 1 rings (SSSR count). The lowest BCUT2D eigenvalue weighted by Crippen LogP contribution is -1.71. The van der Waals surface area contributed by atoms with Crippen LogP contribution < -0.4 is 0 Å². The lowest BCUT2D eigenvalue weighted by Gasteiger charge is -1.72. The topological polar surface area (TPSA) is 12.9 Å². The molecule has 1 nitrogen and oxygen atoms in total. The third-order valence-electron chi connectivity index (χ3n) is 0.851. The number of nitrogens with zero attached hydrogens (tertiary/aromatic N) is 1. The number of aryl methyl sites for hydroxylation is 1. The molecule has 0 aliphatic heterocycles. The standard InChI is InChI=1S/C6H7NSSi/c1-5-4-8-6(7-5)2-3-9/h4H,1,9H3. The molecule has 0 saturated heterocycles. The summed E-state index contributed by atoms with van der Waals surface area (Å²) < 4.78 is 0. The largest absolute Gasteiger partial charge is 0.233 e. The van der Waals surface area contributed by atoms with Gasteiger partial charge in [-0.15, -0.1) is 16.9 Å². The third kappa shape index (κ3) is 1.66. The van der Waals surface area contributed by atoms with Gasteiger partial charge in [0.25, 0.3) is 0 Å². The molecule has 1 aromatic heterocycles. The average molecular weight is 153 g/mol. The summed E-state index contributed by atoms with van der Waals surface area (Å²) in [4.78, 5) is 4.17. The zero-order chi connectivity index (χ0) is 6.69. The van der Waals surface area contributed by atoms with E-state index in [1.54, 1.807) is 11.3 Å². The van der Waals surface area contributed by atoms with E-state index in [-0.39, 0.29) is 0 Å². The first-order valence-electron chi connectivity index (χ1n) is 2.68. The maximum atomic E-state index is 4.17.